The van der Waals surface area contributed by atoms with Gasteiger partial charge in [-0.1, -0.05) is 0 Å². The number of carbonyl (C=O) groups excluding carboxylic acids is 2. The van der Waals surface area contributed by atoms with Crippen molar-refractivity contribution in [2.45, 2.75) is 101 Å². The van der Waals surface area contributed by atoms with Crippen LogP contribution in [0, 0.1) is 0 Å². The van der Waals surface area contributed by atoms with Crippen LogP contribution in [0.5, 0.6) is 0 Å². The zero-order valence-electron chi connectivity index (χ0n) is 29.8. The Hall–Kier alpha value is -1.06. The molecule has 2 aliphatic heterocycles. The van der Waals surface area contributed by atoms with E-state index < -0.39 is 0 Å². The van der Waals surface area contributed by atoms with Crippen LogP contribution >= 0.6 is 0 Å². The first-order valence-electron chi connectivity index (χ1n) is 17.3. The molecule has 270 valence electrons. The molecule has 0 radical (unpaired) electrons. The van der Waals surface area contributed by atoms with E-state index in [0.717, 1.165) is 104 Å². The Bertz CT molecular complexity index is 786. The standard InChI is InChI=1S/C12H23NO3.C10H19NO2.C8H12O3.C4H11NO/c1-13(7-8-14-2)11-3-5-12(6-4-11)15-9-10-16-12;1-11(7-8-13-2)9-3-5-10(12)6-4-9;9-7-1-3-8(4-2-7)10-5-6-11-8;1-5-3-4-6-2/h11H,3-10H2,1-2H3;9H,3-8H2,1-2H3;1-6H2;5H,3-4H2,1-2H3. The van der Waals surface area contributed by atoms with Crippen LogP contribution in [0.1, 0.15) is 77.0 Å². The van der Waals surface area contributed by atoms with E-state index in [2.05, 4.69) is 29.2 Å². The molecule has 12 nitrogen and oxygen atoms in total. The first kappa shape index (κ1) is 41.1. The second kappa shape index (κ2) is 23.3. The Morgan fingerprint density at radius 3 is 1.41 bits per heavy atom. The van der Waals surface area contributed by atoms with Gasteiger partial charge in [-0.2, -0.15) is 0 Å². The molecule has 0 aromatic heterocycles. The molecule has 5 rings (SSSR count). The number of rotatable bonds is 11. The van der Waals surface area contributed by atoms with Crippen molar-refractivity contribution < 1.29 is 42.7 Å². The van der Waals surface area contributed by atoms with Gasteiger partial charge in [-0.05, 0) is 46.8 Å². The highest BCUT2D eigenvalue weighted by molar-refractivity contribution is 5.79. The summed E-state index contributed by atoms with van der Waals surface area (Å²) in [5.74, 6) is 0.179. The van der Waals surface area contributed by atoms with Crippen LogP contribution in [0.4, 0.5) is 0 Å². The van der Waals surface area contributed by atoms with Gasteiger partial charge in [0.05, 0.1) is 46.2 Å². The average Bonchev–Trinajstić information content (AvgIpc) is 3.74. The fourth-order valence-electron chi connectivity index (χ4n) is 6.37. The van der Waals surface area contributed by atoms with Crippen molar-refractivity contribution in [3.63, 3.8) is 0 Å². The molecule has 5 aliphatic rings. The Balaban J connectivity index is 0.000000224. The second-order valence-corrected chi connectivity index (χ2v) is 12.8. The number of likely N-dealkylation sites (N-methyl/N-ethyl adjacent to an activating group) is 3. The molecule has 0 amide bonds. The number of ether oxygens (including phenoxy) is 7. The summed E-state index contributed by atoms with van der Waals surface area (Å²) in [4.78, 5) is 26.6. The summed E-state index contributed by atoms with van der Waals surface area (Å²) in [5, 5.41) is 2.94. The maximum Gasteiger partial charge on any atom is 0.169 e. The Kier molecular flexibility index (Phi) is 20.8. The quantitative estimate of drug-likeness (QED) is 0.329. The number of hydrogen-bond acceptors (Lipinski definition) is 12. The van der Waals surface area contributed by atoms with Gasteiger partial charge in [0.1, 0.15) is 11.6 Å². The fourth-order valence-corrected chi connectivity index (χ4v) is 6.37. The lowest BCUT2D eigenvalue weighted by atomic mass is 9.89. The highest BCUT2D eigenvalue weighted by Gasteiger charge is 2.41. The molecule has 3 saturated carbocycles. The molecule has 0 aromatic carbocycles. The number of carbonyl (C=O) groups is 2. The lowest BCUT2D eigenvalue weighted by Gasteiger charge is -2.39. The summed E-state index contributed by atoms with van der Waals surface area (Å²) >= 11 is 0. The summed E-state index contributed by atoms with van der Waals surface area (Å²) in [6.07, 6.45) is 10.8. The molecule has 0 atom stereocenters. The van der Waals surface area contributed by atoms with E-state index in [4.69, 9.17) is 33.2 Å². The maximum absolute atomic E-state index is 11.0. The van der Waals surface area contributed by atoms with Crippen LogP contribution in [-0.4, -0.2) is 153 Å². The van der Waals surface area contributed by atoms with Crippen LogP contribution in [0.15, 0.2) is 0 Å². The molecule has 0 unspecified atom stereocenters. The summed E-state index contributed by atoms with van der Waals surface area (Å²) in [5.41, 5.74) is 0. The predicted molar refractivity (Wildman–Crippen MR) is 177 cm³/mol. The minimum Gasteiger partial charge on any atom is -0.383 e. The predicted octanol–water partition coefficient (Wildman–Crippen LogP) is 3.05. The zero-order chi connectivity index (χ0) is 33.7. The molecule has 46 heavy (non-hydrogen) atoms. The molecule has 0 aromatic rings. The Morgan fingerprint density at radius 1 is 0.630 bits per heavy atom. The number of hydrogen-bond donors (Lipinski definition) is 1. The zero-order valence-corrected chi connectivity index (χ0v) is 29.8. The summed E-state index contributed by atoms with van der Waals surface area (Å²) < 4.78 is 37.2. The minimum absolute atomic E-state index is 0.224. The molecular formula is C34H65N3O9. The first-order valence-corrected chi connectivity index (χ1v) is 17.3. The first-order chi connectivity index (χ1) is 22.2. The van der Waals surface area contributed by atoms with E-state index in [1.807, 2.05) is 7.05 Å². The Labute approximate surface area is 278 Å². The lowest BCUT2D eigenvalue weighted by Crippen LogP contribution is -2.43. The molecule has 1 N–H and O–H groups in total. The van der Waals surface area contributed by atoms with Crippen molar-refractivity contribution in [3.05, 3.63) is 0 Å². The maximum atomic E-state index is 11.0. The molecule has 0 bridgehead atoms. The van der Waals surface area contributed by atoms with Crippen molar-refractivity contribution in [2.75, 3.05) is 108 Å². The van der Waals surface area contributed by atoms with Crippen molar-refractivity contribution in [2.24, 2.45) is 0 Å². The van der Waals surface area contributed by atoms with Crippen LogP contribution in [0.2, 0.25) is 0 Å². The molecule has 2 saturated heterocycles. The number of Topliss-reactive ketones (excluding diaryl/α,β-unsaturated/α-hetero) is 2. The van der Waals surface area contributed by atoms with Gasteiger partial charge in [0.15, 0.2) is 11.6 Å². The van der Waals surface area contributed by atoms with E-state index in [0.29, 0.717) is 49.7 Å². The Morgan fingerprint density at radius 2 is 1.02 bits per heavy atom. The SMILES string of the molecule is CNCCOC.COCCN(C)C1CCC(=O)CC1.COCCN(C)C1CCC2(CC1)OCCO2.O=C1CCC2(CC1)OCCO2. The second-order valence-electron chi connectivity index (χ2n) is 12.8. The van der Waals surface area contributed by atoms with Gasteiger partial charge in [-0.25, -0.2) is 0 Å². The lowest BCUT2D eigenvalue weighted by molar-refractivity contribution is -0.183. The van der Waals surface area contributed by atoms with Crippen molar-refractivity contribution >= 4 is 11.6 Å². The molecule has 2 heterocycles. The molecule has 2 spiro atoms. The number of methoxy groups -OCH3 is 3. The minimum atomic E-state index is -0.367. The third-order valence-corrected chi connectivity index (χ3v) is 9.53. The number of nitrogens with one attached hydrogen (secondary N) is 1. The van der Waals surface area contributed by atoms with Gasteiger partial charge in [-0.3, -0.25) is 9.59 Å². The highest BCUT2D eigenvalue weighted by Crippen LogP contribution is 2.37. The highest BCUT2D eigenvalue weighted by atomic mass is 16.7. The fraction of sp³-hybridized carbons (Fsp3) is 0.941. The van der Waals surface area contributed by atoms with E-state index in [-0.39, 0.29) is 11.6 Å². The van der Waals surface area contributed by atoms with Gasteiger partial charge >= 0.3 is 0 Å². The molecular weight excluding hydrogens is 594 g/mol. The van der Waals surface area contributed by atoms with Gasteiger partial charge < -0.3 is 48.3 Å². The molecule has 12 heteroatoms. The van der Waals surface area contributed by atoms with Gasteiger partial charge in [0, 0.05) is 104 Å². The van der Waals surface area contributed by atoms with Crippen LogP contribution in [0.3, 0.4) is 0 Å². The van der Waals surface area contributed by atoms with Crippen LogP contribution in [0.25, 0.3) is 0 Å². The van der Waals surface area contributed by atoms with E-state index in [1.54, 1.807) is 21.3 Å². The van der Waals surface area contributed by atoms with E-state index >= 15 is 0 Å². The van der Waals surface area contributed by atoms with E-state index in [1.165, 1.54) is 12.8 Å². The largest absolute Gasteiger partial charge is 0.383 e. The summed E-state index contributed by atoms with van der Waals surface area (Å²) in [7, 11) is 11.4. The molecule has 3 aliphatic carbocycles. The topological polar surface area (TPSA) is 117 Å². The van der Waals surface area contributed by atoms with Gasteiger partial charge in [0.2, 0.25) is 0 Å². The van der Waals surface area contributed by atoms with Crippen LogP contribution < -0.4 is 5.32 Å². The van der Waals surface area contributed by atoms with Crippen molar-refractivity contribution in [1.29, 1.82) is 0 Å². The van der Waals surface area contributed by atoms with Crippen LogP contribution in [-0.2, 0) is 42.7 Å². The third kappa shape index (κ3) is 15.4. The monoisotopic (exact) mass is 659 g/mol. The summed E-state index contributed by atoms with van der Waals surface area (Å²) in [6, 6.07) is 1.25. The normalized spacial score (nSPS) is 22.8. The van der Waals surface area contributed by atoms with Crippen molar-refractivity contribution in [3.8, 4) is 0 Å². The van der Waals surface area contributed by atoms with Crippen molar-refractivity contribution in [1.82, 2.24) is 15.1 Å². The summed E-state index contributed by atoms with van der Waals surface area (Å²) in [6.45, 7) is 8.22. The number of nitrogens with zero attached hydrogens (tertiary/aromatic N) is 2. The van der Waals surface area contributed by atoms with E-state index in [9.17, 15) is 9.59 Å². The van der Waals surface area contributed by atoms with Gasteiger partial charge in [0.25, 0.3) is 0 Å². The number of ketones is 2. The third-order valence-electron chi connectivity index (χ3n) is 9.53. The average molecular weight is 660 g/mol. The smallest absolute Gasteiger partial charge is 0.169 e. The molecule has 5 fully saturated rings. The van der Waals surface area contributed by atoms with Gasteiger partial charge in [-0.15, -0.1) is 0 Å².